The number of terminal acetylenes is 1. The van der Waals surface area contributed by atoms with Gasteiger partial charge in [0.15, 0.2) is 6.61 Å². The molecule has 2 rings (SSSR count). The highest BCUT2D eigenvalue weighted by atomic mass is 32.2. The van der Waals surface area contributed by atoms with Gasteiger partial charge in [-0.15, -0.1) is 6.42 Å². The number of aromatic nitrogens is 2. The van der Waals surface area contributed by atoms with Crippen LogP contribution >= 0.6 is 0 Å². The third-order valence-corrected chi connectivity index (χ3v) is 4.47. The minimum atomic E-state index is -4.67. The maximum Gasteiger partial charge on any atom is 0.402 e. The number of benzene rings is 1. The third-order valence-electron chi connectivity index (χ3n) is 3.05. The first-order valence-corrected chi connectivity index (χ1v) is 8.90. The van der Waals surface area contributed by atoms with Crippen molar-refractivity contribution in [2.45, 2.75) is 11.1 Å². The van der Waals surface area contributed by atoms with E-state index in [2.05, 4.69) is 21.2 Å². The van der Waals surface area contributed by atoms with Gasteiger partial charge in [-0.05, 0) is 24.3 Å². The van der Waals surface area contributed by atoms with Gasteiger partial charge in [0.1, 0.15) is 18.2 Å². The van der Waals surface area contributed by atoms with E-state index in [-0.39, 0.29) is 28.9 Å². The molecule has 0 saturated carbocycles. The average Bonchev–Trinajstić information content (AvgIpc) is 2.65. The zero-order valence-corrected chi connectivity index (χ0v) is 14.8. The number of nitriles is 1. The monoisotopic (exact) mass is 411 g/mol. The summed E-state index contributed by atoms with van der Waals surface area (Å²) in [7, 11) is -4.31. The molecule has 0 atom stereocenters. The van der Waals surface area contributed by atoms with E-state index in [1.807, 2.05) is 6.07 Å². The lowest BCUT2D eigenvalue weighted by atomic mass is 10.3. The quantitative estimate of drug-likeness (QED) is 0.669. The van der Waals surface area contributed by atoms with Gasteiger partial charge >= 0.3 is 6.18 Å². The van der Waals surface area contributed by atoms with E-state index in [9.17, 15) is 21.6 Å². The minimum absolute atomic E-state index is 0.0338. The molecule has 0 aliphatic heterocycles. The first-order chi connectivity index (χ1) is 13.1. The number of nitrogens with zero attached hydrogens (tertiary/aromatic N) is 3. The molecular weight excluding hydrogens is 399 g/mol. The lowest BCUT2D eigenvalue weighted by Gasteiger charge is -2.10. The smallest absolute Gasteiger partial charge is 0.402 e. The van der Waals surface area contributed by atoms with E-state index in [0.717, 1.165) is 12.1 Å². The Labute approximate surface area is 158 Å². The van der Waals surface area contributed by atoms with Crippen molar-refractivity contribution < 1.29 is 26.3 Å². The number of ether oxygens (including phenoxy) is 1. The number of nitrogens with one attached hydrogen (secondary N) is 2. The standard InChI is InChI=1S/C16H12F3N5O3S/c1-2-7-27-14-11(8-20)9-21-15(24-14)23-12-3-5-13(6-4-12)28(25,26)22-10-16(17,18)19/h1,3-6,9,22H,7,10H2,(H,21,23,24). The number of anilines is 2. The molecule has 0 fully saturated rings. The van der Waals surface area contributed by atoms with Crippen LogP contribution < -0.4 is 14.8 Å². The Morgan fingerprint density at radius 3 is 2.50 bits per heavy atom. The highest BCUT2D eigenvalue weighted by Gasteiger charge is 2.30. The van der Waals surface area contributed by atoms with Gasteiger partial charge in [-0.3, -0.25) is 0 Å². The Kier molecular flexibility index (Phi) is 6.41. The lowest BCUT2D eigenvalue weighted by Crippen LogP contribution is -2.33. The summed E-state index contributed by atoms with van der Waals surface area (Å²) in [6.45, 7) is -1.78. The molecule has 0 saturated heterocycles. The Morgan fingerprint density at radius 2 is 1.93 bits per heavy atom. The topological polar surface area (TPSA) is 117 Å². The second-order valence-corrected chi connectivity index (χ2v) is 6.87. The lowest BCUT2D eigenvalue weighted by molar-refractivity contribution is -0.121. The van der Waals surface area contributed by atoms with E-state index in [1.54, 1.807) is 0 Å². The van der Waals surface area contributed by atoms with Gasteiger partial charge in [-0.1, -0.05) is 5.92 Å². The number of halogens is 3. The van der Waals surface area contributed by atoms with Crippen LogP contribution in [0.1, 0.15) is 5.56 Å². The predicted molar refractivity (Wildman–Crippen MR) is 92.0 cm³/mol. The fraction of sp³-hybridized carbons (Fsp3) is 0.188. The Bertz CT molecular complexity index is 1030. The van der Waals surface area contributed by atoms with Gasteiger partial charge in [0.25, 0.3) is 0 Å². The normalized spacial score (nSPS) is 11.3. The summed E-state index contributed by atoms with van der Waals surface area (Å²) in [5.74, 6) is 2.24. The second-order valence-electron chi connectivity index (χ2n) is 5.11. The number of sulfonamides is 1. The highest BCUT2D eigenvalue weighted by molar-refractivity contribution is 7.89. The van der Waals surface area contributed by atoms with Gasteiger partial charge in [0.2, 0.25) is 21.9 Å². The first kappa shape index (κ1) is 21.0. The van der Waals surface area contributed by atoms with E-state index in [4.69, 9.17) is 16.4 Å². The van der Waals surface area contributed by atoms with Crippen LogP contribution in [0.2, 0.25) is 0 Å². The van der Waals surface area contributed by atoms with Gasteiger partial charge in [0, 0.05) is 5.69 Å². The summed E-state index contributed by atoms with van der Waals surface area (Å²) >= 11 is 0. The maximum atomic E-state index is 12.2. The molecule has 2 aromatic rings. The minimum Gasteiger partial charge on any atom is -0.463 e. The van der Waals surface area contributed by atoms with Crippen LogP contribution in [0.15, 0.2) is 35.4 Å². The van der Waals surface area contributed by atoms with Crippen LogP contribution in [-0.4, -0.2) is 37.7 Å². The average molecular weight is 411 g/mol. The Balaban J connectivity index is 2.14. The Hall–Kier alpha value is -3.35. The number of hydrogen-bond acceptors (Lipinski definition) is 7. The molecule has 1 heterocycles. The van der Waals surface area contributed by atoms with Crippen molar-refractivity contribution in [3.05, 3.63) is 36.0 Å². The summed E-state index contributed by atoms with van der Waals surface area (Å²) < 4.78 is 66.8. The molecular formula is C16H12F3N5O3S. The van der Waals surface area contributed by atoms with Crippen LogP contribution in [0.25, 0.3) is 0 Å². The Morgan fingerprint density at radius 1 is 1.25 bits per heavy atom. The number of hydrogen-bond donors (Lipinski definition) is 2. The van der Waals surface area contributed by atoms with Crippen molar-refractivity contribution in [1.29, 1.82) is 5.26 Å². The van der Waals surface area contributed by atoms with E-state index < -0.39 is 22.7 Å². The number of rotatable bonds is 7. The molecule has 12 heteroatoms. The largest absolute Gasteiger partial charge is 0.463 e. The fourth-order valence-electron chi connectivity index (χ4n) is 1.83. The highest BCUT2D eigenvalue weighted by Crippen LogP contribution is 2.21. The van der Waals surface area contributed by atoms with Gasteiger partial charge in [-0.25, -0.2) is 18.1 Å². The molecule has 0 aliphatic rings. The molecule has 0 radical (unpaired) electrons. The fourth-order valence-corrected chi connectivity index (χ4v) is 2.84. The van der Waals surface area contributed by atoms with Crippen molar-refractivity contribution in [3.8, 4) is 24.3 Å². The van der Waals surface area contributed by atoms with Crippen molar-refractivity contribution >= 4 is 21.7 Å². The molecule has 0 unspecified atom stereocenters. The van der Waals surface area contributed by atoms with E-state index >= 15 is 0 Å². The maximum absolute atomic E-state index is 12.2. The second kappa shape index (κ2) is 8.56. The van der Waals surface area contributed by atoms with Gasteiger partial charge < -0.3 is 10.1 Å². The van der Waals surface area contributed by atoms with Crippen molar-refractivity contribution in [2.75, 3.05) is 18.5 Å². The summed E-state index contributed by atoms with van der Waals surface area (Å²) in [6.07, 6.45) is 1.63. The van der Waals surface area contributed by atoms with Crippen LogP contribution in [0.5, 0.6) is 5.88 Å². The van der Waals surface area contributed by atoms with E-state index in [0.29, 0.717) is 5.69 Å². The van der Waals surface area contributed by atoms with E-state index in [1.165, 1.54) is 23.1 Å². The summed E-state index contributed by atoms with van der Waals surface area (Å²) in [6, 6.07) is 6.69. The summed E-state index contributed by atoms with van der Waals surface area (Å²) in [4.78, 5) is 7.55. The zero-order valence-electron chi connectivity index (χ0n) is 14.0. The summed E-state index contributed by atoms with van der Waals surface area (Å²) in [5.41, 5.74) is 0.417. The first-order valence-electron chi connectivity index (χ1n) is 7.41. The molecule has 8 nitrogen and oxygen atoms in total. The molecule has 0 bridgehead atoms. The van der Waals surface area contributed by atoms with Crippen LogP contribution in [0, 0.1) is 23.7 Å². The molecule has 1 aromatic heterocycles. The molecule has 28 heavy (non-hydrogen) atoms. The SMILES string of the molecule is C#CCOc1nc(Nc2ccc(S(=O)(=O)NCC(F)(F)F)cc2)ncc1C#N. The molecule has 0 spiro atoms. The molecule has 0 aliphatic carbocycles. The van der Waals surface area contributed by atoms with Crippen molar-refractivity contribution in [1.82, 2.24) is 14.7 Å². The third kappa shape index (κ3) is 5.84. The number of alkyl halides is 3. The van der Waals surface area contributed by atoms with Crippen LogP contribution in [-0.2, 0) is 10.0 Å². The molecule has 1 aromatic carbocycles. The van der Waals surface area contributed by atoms with Crippen molar-refractivity contribution in [2.24, 2.45) is 0 Å². The molecule has 146 valence electrons. The molecule has 2 N–H and O–H groups in total. The van der Waals surface area contributed by atoms with Crippen LogP contribution in [0.4, 0.5) is 24.8 Å². The molecule has 0 amide bonds. The van der Waals surface area contributed by atoms with Gasteiger partial charge in [-0.2, -0.15) is 23.4 Å². The summed E-state index contributed by atoms with van der Waals surface area (Å²) in [5, 5.41) is 11.7. The predicted octanol–water partition coefficient (Wildman–Crippen LogP) is 1.94. The zero-order chi connectivity index (χ0) is 20.8. The van der Waals surface area contributed by atoms with Gasteiger partial charge in [0.05, 0.1) is 11.1 Å². The van der Waals surface area contributed by atoms with Crippen molar-refractivity contribution in [3.63, 3.8) is 0 Å². The van der Waals surface area contributed by atoms with Crippen LogP contribution in [0.3, 0.4) is 0 Å².